The van der Waals surface area contributed by atoms with Gasteiger partial charge in [0.1, 0.15) is 0 Å². The molecule has 0 radical (unpaired) electrons. The molecule has 1 aliphatic heterocycles. The van der Waals surface area contributed by atoms with E-state index in [0.29, 0.717) is 13.1 Å². The number of hydrogen-bond donors (Lipinski definition) is 1. The van der Waals surface area contributed by atoms with Gasteiger partial charge < -0.3 is 15.1 Å². The lowest BCUT2D eigenvalue weighted by Gasteiger charge is -2.35. The van der Waals surface area contributed by atoms with Crippen molar-refractivity contribution in [3.63, 3.8) is 0 Å². The molecule has 0 aliphatic carbocycles. The number of nitrogens with zero attached hydrogens (tertiary/aromatic N) is 4. The fraction of sp³-hybridized carbons (Fsp3) is 0.346. The zero-order chi connectivity index (χ0) is 22.8. The molecule has 0 atom stereocenters. The summed E-state index contributed by atoms with van der Waals surface area (Å²) < 4.78 is 0. The number of aromatic nitrogens is 2. The average molecular weight is 430 g/mol. The van der Waals surface area contributed by atoms with Crippen molar-refractivity contribution in [2.45, 2.75) is 34.6 Å². The highest BCUT2D eigenvalue weighted by Gasteiger charge is 2.22. The van der Waals surface area contributed by atoms with Crippen LogP contribution in [0.2, 0.25) is 0 Å². The number of aryl methyl sites for hydroxylation is 5. The van der Waals surface area contributed by atoms with Gasteiger partial charge in [0.2, 0.25) is 0 Å². The van der Waals surface area contributed by atoms with E-state index >= 15 is 0 Å². The fourth-order valence-electron chi connectivity index (χ4n) is 4.08. The molecule has 2 amide bonds. The first-order valence-corrected chi connectivity index (χ1v) is 11.1. The first-order valence-electron chi connectivity index (χ1n) is 11.1. The van der Waals surface area contributed by atoms with Gasteiger partial charge in [-0.3, -0.25) is 0 Å². The second-order valence-electron chi connectivity index (χ2n) is 8.75. The third-order valence-electron chi connectivity index (χ3n) is 6.29. The average Bonchev–Trinajstić information content (AvgIpc) is 2.79. The molecule has 0 bridgehead atoms. The maximum atomic E-state index is 12.7. The van der Waals surface area contributed by atoms with Gasteiger partial charge in [-0.2, -0.15) is 0 Å². The minimum atomic E-state index is -0.0509. The number of urea groups is 1. The Morgan fingerprint density at radius 2 is 1.50 bits per heavy atom. The number of carbonyl (C=O) groups excluding carboxylic acids is 1. The lowest BCUT2D eigenvalue weighted by Crippen LogP contribution is -2.50. The van der Waals surface area contributed by atoms with Crippen molar-refractivity contribution in [2.75, 3.05) is 36.4 Å². The highest BCUT2D eigenvalue weighted by atomic mass is 16.2. The number of rotatable bonds is 3. The molecule has 166 valence electrons. The molecule has 1 aromatic heterocycles. The molecule has 1 saturated heterocycles. The van der Waals surface area contributed by atoms with Gasteiger partial charge in [0, 0.05) is 37.4 Å². The minimum Gasteiger partial charge on any atom is -0.352 e. The summed E-state index contributed by atoms with van der Waals surface area (Å²) in [4.78, 5) is 16.8. The van der Waals surface area contributed by atoms with Gasteiger partial charge in [-0.05, 0) is 86.7 Å². The lowest BCUT2D eigenvalue weighted by atomic mass is 9.99. The van der Waals surface area contributed by atoms with Crippen LogP contribution in [-0.4, -0.2) is 47.3 Å². The Morgan fingerprint density at radius 3 is 2.19 bits per heavy atom. The number of carbonyl (C=O) groups is 1. The number of nitrogens with one attached hydrogen (secondary N) is 1. The summed E-state index contributed by atoms with van der Waals surface area (Å²) in [6.07, 6.45) is 0. The Kier molecular flexibility index (Phi) is 6.12. The van der Waals surface area contributed by atoms with Gasteiger partial charge in [0.05, 0.1) is 5.69 Å². The molecule has 0 spiro atoms. The number of benzene rings is 2. The van der Waals surface area contributed by atoms with Crippen LogP contribution in [-0.2, 0) is 0 Å². The predicted octanol–water partition coefficient (Wildman–Crippen LogP) is 5.04. The third-order valence-corrected chi connectivity index (χ3v) is 6.29. The molecule has 0 unspecified atom stereocenters. The molecular formula is C26H31N5O. The van der Waals surface area contributed by atoms with Gasteiger partial charge in [0.15, 0.2) is 5.82 Å². The zero-order valence-electron chi connectivity index (χ0n) is 19.6. The van der Waals surface area contributed by atoms with Crippen molar-refractivity contribution in [3.05, 3.63) is 70.3 Å². The van der Waals surface area contributed by atoms with Crippen LogP contribution < -0.4 is 10.2 Å². The van der Waals surface area contributed by atoms with Crippen LogP contribution in [0.1, 0.15) is 27.8 Å². The predicted molar refractivity (Wildman–Crippen MR) is 130 cm³/mol. The van der Waals surface area contributed by atoms with Gasteiger partial charge >= 0.3 is 6.03 Å². The summed E-state index contributed by atoms with van der Waals surface area (Å²) >= 11 is 0. The highest BCUT2D eigenvalue weighted by molar-refractivity contribution is 5.90. The standard InChI is InChI=1S/C26H31N5O/c1-17-6-7-18(2)24(14-17)27-26(32)31-12-10-30(11-13-31)25-9-8-23(28-29-25)22-16-20(4)19(3)15-21(22)5/h6-9,14-16H,10-13H2,1-5H3,(H,27,32). The molecule has 2 heterocycles. The topological polar surface area (TPSA) is 61.4 Å². The molecule has 0 saturated carbocycles. The molecule has 3 aromatic rings. The Bertz CT molecular complexity index is 1130. The molecule has 1 N–H and O–H groups in total. The van der Waals surface area contributed by atoms with Crippen molar-refractivity contribution in [1.82, 2.24) is 15.1 Å². The Hall–Kier alpha value is -3.41. The van der Waals surface area contributed by atoms with Crippen LogP contribution in [0, 0.1) is 34.6 Å². The van der Waals surface area contributed by atoms with Crippen molar-refractivity contribution in [1.29, 1.82) is 0 Å². The first kappa shape index (κ1) is 21.8. The van der Waals surface area contributed by atoms with Crippen LogP contribution in [0.25, 0.3) is 11.3 Å². The quantitative estimate of drug-likeness (QED) is 0.634. The summed E-state index contributed by atoms with van der Waals surface area (Å²) in [6.45, 7) is 13.2. The van der Waals surface area contributed by atoms with Crippen LogP contribution in [0.5, 0.6) is 0 Å². The molecule has 6 heteroatoms. The highest BCUT2D eigenvalue weighted by Crippen LogP contribution is 2.26. The normalized spacial score (nSPS) is 13.9. The van der Waals surface area contributed by atoms with Crippen LogP contribution >= 0.6 is 0 Å². The van der Waals surface area contributed by atoms with Gasteiger partial charge in [0.25, 0.3) is 0 Å². The molecule has 6 nitrogen and oxygen atoms in total. The van der Waals surface area contributed by atoms with E-state index in [-0.39, 0.29) is 6.03 Å². The molecule has 4 rings (SSSR count). The minimum absolute atomic E-state index is 0.0509. The molecule has 1 fully saturated rings. The van der Waals surface area contributed by atoms with E-state index in [2.05, 4.69) is 59.4 Å². The second kappa shape index (κ2) is 8.99. The van der Waals surface area contributed by atoms with Crippen molar-refractivity contribution in [2.24, 2.45) is 0 Å². The van der Waals surface area contributed by atoms with E-state index in [1.807, 2.05) is 43.0 Å². The second-order valence-corrected chi connectivity index (χ2v) is 8.75. The van der Waals surface area contributed by atoms with E-state index in [1.165, 1.54) is 16.7 Å². The van der Waals surface area contributed by atoms with E-state index in [0.717, 1.165) is 47.0 Å². The summed E-state index contributed by atoms with van der Waals surface area (Å²) in [5, 5.41) is 12.0. The van der Waals surface area contributed by atoms with Crippen molar-refractivity contribution in [3.8, 4) is 11.3 Å². The smallest absolute Gasteiger partial charge is 0.321 e. The number of amides is 2. The first-order chi connectivity index (χ1) is 15.3. The van der Waals surface area contributed by atoms with Crippen molar-refractivity contribution < 1.29 is 4.79 Å². The van der Waals surface area contributed by atoms with E-state index < -0.39 is 0 Å². The van der Waals surface area contributed by atoms with Gasteiger partial charge in [-0.25, -0.2) is 4.79 Å². The number of hydrogen-bond acceptors (Lipinski definition) is 4. The SMILES string of the molecule is Cc1ccc(C)c(NC(=O)N2CCN(c3ccc(-c4cc(C)c(C)cc4C)nn3)CC2)c1. The fourth-order valence-corrected chi connectivity index (χ4v) is 4.08. The van der Waals surface area contributed by atoms with Crippen LogP contribution in [0.15, 0.2) is 42.5 Å². The van der Waals surface area contributed by atoms with Crippen LogP contribution in [0.4, 0.5) is 16.3 Å². The number of piperazine rings is 1. The number of anilines is 2. The Balaban J connectivity index is 1.38. The maximum absolute atomic E-state index is 12.7. The molecule has 32 heavy (non-hydrogen) atoms. The Morgan fingerprint density at radius 1 is 0.781 bits per heavy atom. The molecular weight excluding hydrogens is 398 g/mol. The van der Waals surface area contributed by atoms with E-state index in [1.54, 1.807) is 0 Å². The summed E-state index contributed by atoms with van der Waals surface area (Å²) in [6, 6.07) is 14.5. The molecule has 2 aromatic carbocycles. The summed E-state index contributed by atoms with van der Waals surface area (Å²) in [7, 11) is 0. The molecule has 1 aliphatic rings. The largest absolute Gasteiger partial charge is 0.352 e. The zero-order valence-corrected chi connectivity index (χ0v) is 19.6. The maximum Gasteiger partial charge on any atom is 0.321 e. The van der Waals surface area contributed by atoms with E-state index in [9.17, 15) is 4.79 Å². The van der Waals surface area contributed by atoms with Gasteiger partial charge in [-0.1, -0.05) is 18.2 Å². The van der Waals surface area contributed by atoms with E-state index in [4.69, 9.17) is 0 Å². The summed E-state index contributed by atoms with van der Waals surface area (Å²) in [5.74, 6) is 0.852. The monoisotopic (exact) mass is 429 g/mol. The lowest BCUT2D eigenvalue weighted by molar-refractivity contribution is 0.208. The third kappa shape index (κ3) is 4.59. The Labute approximate surface area is 190 Å². The van der Waals surface area contributed by atoms with Crippen LogP contribution in [0.3, 0.4) is 0 Å². The summed E-state index contributed by atoms with van der Waals surface area (Å²) in [5.41, 5.74) is 8.84. The van der Waals surface area contributed by atoms with Crippen molar-refractivity contribution >= 4 is 17.5 Å². The van der Waals surface area contributed by atoms with Gasteiger partial charge in [-0.15, -0.1) is 10.2 Å².